The molecule has 4 nitrogen and oxygen atoms in total. The van der Waals surface area contributed by atoms with Gasteiger partial charge >= 0.3 is 0 Å². The third kappa shape index (κ3) is 2.94. The number of amides is 2. The molecule has 0 unspecified atom stereocenters. The summed E-state index contributed by atoms with van der Waals surface area (Å²) >= 11 is 1.71. The first-order valence-corrected chi connectivity index (χ1v) is 7.58. The monoisotopic (exact) mass is 256 g/mol. The van der Waals surface area contributed by atoms with Crippen molar-refractivity contribution in [2.75, 3.05) is 31.6 Å². The van der Waals surface area contributed by atoms with Gasteiger partial charge in [0.15, 0.2) is 0 Å². The molecule has 0 aromatic heterocycles. The van der Waals surface area contributed by atoms with Crippen molar-refractivity contribution in [1.82, 2.24) is 10.2 Å². The predicted molar refractivity (Wildman–Crippen MR) is 68.9 cm³/mol. The van der Waals surface area contributed by atoms with Crippen LogP contribution in [0.2, 0.25) is 0 Å². The lowest BCUT2D eigenvalue weighted by atomic mass is 9.77. The van der Waals surface area contributed by atoms with E-state index in [1.807, 2.05) is 11.2 Å². The molecule has 2 aliphatic heterocycles. The number of rotatable bonds is 3. The van der Waals surface area contributed by atoms with Crippen molar-refractivity contribution in [3.63, 3.8) is 0 Å². The van der Waals surface area contributed by atoms with E-state index in [0.29, 0.717) is 12.8 Å². The minimum absolute atomic E-state index is 0.146. The molecule has 2 heterocycles. The van der Waals surface area contributed by atoms with Crippen molar-refractivity contribution >= 4 is 23.6 Å². The number of piperidine rings is 1. The number of nitrogens with zero attached hydrogens (tertiary/aromatic N) is 1. The van der Waals surface area contributed by atoms with Gasteiger partial charge in [0.25, 0.3) is 0 Å². The molecule has 0 radical (unpaired) electrons. The fourth-order valence-electron chi connectivity index (χ4n) is 2.68. The Morgan fingerprint density at radius 1 is 1.47 bits per heavy atom. The molecule has 0 bridgehead atoms. The van der Waals surface area contributed by atoms with E-state index in [1.165, 1.54) is 0 Å². The Kier molecular flexibility index (Phi) is 3.97. The maximum atomic E-state index is 11.9. The summed E-state index contributed by atoms with van der Waals surface area (Å²) in [6, 6.07) is 0. The summed E-state index contributed by atoms with van der Waals surface area (Å²) in [6.45, 7) is 2.45. The van der Waals surface area contributed by atoms with Crippen molar-refractivity contribution in [1.29, 1.82) is 0 Å². The molecule has 0 aliphatic carbocycles. The van der Waals surface area contributed by atoms with Gasteiger partial charge in [-0.05, 0) is 24.5 Å². The summed E-state index contributed by atoms with van der Waals surface area (Å²) in [4.78, 5) is 25.1. The number of likely N-dealkylation sites (tertiary alicyclic amines) is 1. The Bertz CT molecular complexity index is 312. The Balaban J connectivity index is 1.81. The third-order valence-electron chi connectivity index (χ3n) is 3.89. The molecule has 2 amide bonds. The van der Waals surface area contributed by atoms with E-state index in [1.54, 1.807) is 11.8 Å². The smallest absolute Gasteiger partial charge is 0.223 e. The summed E-state index contributed by atoms with van der Waals surface area (Å²) < 4.78 is 0. The maximum absolute atomic E-state index is 11.9. The molecule has 0 atom stereocenters. The molecule has 17 heavy (non-hydrogen) atoms. The van der Waals surface area contributed by atoms with Crippen LogP contribution >= 0.6 is 11.8 Å². The number of nitrogens with one attached hydrogen (secondary N) is 1. The SMILES string of the molecule is CSCCC(=O)N1CCC2(CC1)CNC(=O)C2. The molecule has 2 aliphatic rings. The van der Waals surface area contributed by atoms with E-state index in [2.05, 4.69) is 5.32 Å². The lowest BCUT2D eigenvalue weighted by Crippen LogP contribution is -2.44. The van der Waals surface area contributed by atoms with Gasteiger partial charge in [0, 0.05) is 38.2 Å². The van der Waals surface area contributed by atoms with Crippen LogP contribution in [0.5, 0.6) is 0 Å². The second kappa shape index (κ2) is 5.29. The number of thioether (sulfide) groups is 1. The zero-order valence-corrected chi connectivity index (χ0v) is 11.1. The third-order valence-corrected chi connectivity index (χ3v) is 4.51. The highest BCUT2D eigenvalue weighted by Gasteiger charge is 2.41. The predicted octanol–water partition coefficient (Wildman–Crippen LogP) is 0.868. The molecule has 2 saturated heterocycles. The van der Waals surface area contributed by atoms with E-state index in [0.717, 1.165) is 38.2 Å². The van der Waals surface area contributed by atoms with Crippen LogP contribution < -0.4 is 5.32 Å². The van der Waals surface area contributed by atoms with Gasteiger partial charge in [-0.3, -0.25) is 9.59 Å². The molecule has 0 saturated carbocycles. The summed E-state index contributed by atoms with van der Waals surface area (Å²) in [5.74, 6) is 1.35. The fraction of sp³-hybridized carbons (Fsp3) is 0.833. The minimum atomic E-state index is 0.146. The van der Waals surface area contributed by atoms with Gasteiger partial charge < -0.3 is 10.2 Å². The van der Waals surface area contributed by atoms with Crippen molar-refractivity contribution in [2.45, 2.75) is 25.7 Å². The van der Waals surface area contributed by atoms with E-state index < -0.39 is 0 Å². The second-order valence-corrected chi connectivity index (χ2v) is 6.06. The Labute approximate surface area is 106 Å². The molecule has 2 fully saturated rings. The quantitative estimate of drug-likeness (QED) is 0.815. The highest BCUT2D eigenvalue weighted by atomic mass is 32.2. The van der Waals surface area contributed by atoms with E-state index in [-0.39, 0.29) is 17.2 Å². The Morgan fingerprint density at radius 3 is 2.71 bits per heavy atom. The molecule has 2 rings (SSSR count). The number of carbonyl (C=O) groups is 2. The van der Waals surface area contributed by atoms with Crippen LogP contribution in [0, 0.1) is 5.41 Å². The number of hydrogen-bond acceptors (Lipinski definition) is 3. The lowest BCUT2D eigenvalue weighted by Gasteiger charge is -2.38. The van der Waals surface area contributed by atoms with Crippen molar-refractivity contribution in [3.8, 4) is 0 Å². The maximum Gasteiger partial charge on any atom is 0.223 e. The molecule has 0 aromatic rings. The van der Waals surface area contributed by atoms with Crippen molar-refractivity contribution in [3.05, 3.63) is 0 Å². The molecule has 5 heteroatoms. The second-order valence-electron chi connectivity index (χ2n) is 5.08. The van der Waals surface area contributed by atoms with E-state index >= 15 is 0 Å². The normalized spacial score (nSPS) is 22.9. The Hall–Kier alpha value is -0.710. The number of hydrogen-bond donors (Lipinski definition) is 1. The molecule has 0 aromatic carbocycles. The van der Waals surface area contributed by atoms with Gasteiger partial charge in [0.1, 0.15) is 0 Å². The first-order valence-electron chi connectivity index (χ1n) is 6.19. The van der Waals surface area contributed by atoms with Gasteiger partial charge in [-0.25, -0.2) is 0 Å². The lowest BCUT2D eigenvalue weighted by molar-refractivity contribution is -0.132. The van der Waals surface area contributed by atoms with Gasteiger partial charge in [-0.15, -0.1) is 0 Å². The van der Waals surface area contributed by atoms with Gasteiger partial charge in [-0.1, -0.05) is 0 Å². The summed E-state index contributed by atoms with van der Waals surface area (Å²) in [5, 5.41) is 2.91. The molecular weight excluding hydrogens is 236 g/mol. The van der Waals surface area contributed by atoms with Crippen LogP contribution in [0.4, 0.5) is 0 Å². The average Bonchev–Trinajstić information content (AvgIpc) is 2.68. The van der Waals surface area contributed by atoms with Gasteiger partial charge in [-0.2, -0.15) is 11.8 Å². The van der Waals surface area contributed by atoms with Crippen LogP contribution in [-0.4, -0.2) is 48.4 Å². The summed E-state index contributed by atoms with van der Waals surface area (Å²) in [5.41, 5.74) is 0.146. The molecule has 96 valence electrons. The largest absolute Gasteiger partial charge is 0.356 e. The van der Waals surface area contributed by atoms with Gasteiger partial charge in [0.05, 0.1) is 0 Å². The van der Waals surface area contributed by atoms with Crippen molar-refractivity contribution < 1.29 is 9.59 Å². The minimum Gasteiger partial charge on any atom is -0.356 e. The first kappa shape index (κ1) is 12.7. The van der Waals surface area contributed by atoms with Crippen LogP contribution in [0.3, 0.4) is 0 Å². The average molecular weight is 256 g/mol. The highest BCUT2D eigenvalue weighted by molar-refractivity contribution is 7.98. The van der Waals surface area contributed by atoms with Crippen LogP contribution in [-0.2, 0) is 9.59 Å². The molecule has 1 spiro atoms. The van der Waals surface area contributed by atoms with E-state index in [4.69, 9.17) is 0 Å². The van der Waals surface area contributed by atoms with E-state index in [9.17, 15) is 9.59 Å². The van der Waals surface area contributed by atoms with Gasteiger partial charge in [0.2, 0.25) is 11.8 Å². The zero-order chi connectivity index (χ0) is 12.3. The summed E-state index contributed by atoms with van der Waals surface area (Å²) in [6.07, 6.45) is 5.26. The van der Waals surface area contributed by atoms with Crippen LogP contribution in [0.25, 0.3) is 0 Å². The standard InChI is InChI=1S/C12H20N2O2S/c1-17-7-2-11(16)14-5-3-12(4-6-14)8-10(15)13-9-12/h2-9H2,1H3,(H,13,15). The molecule has 1 N–H and O–H groups in total. The van der Waals surface area contributed by atoms with Crippen LogP contribution in [0.1, 0.15) is 25.7 Å². The topological polar surface area (TPSA) is 49.4 Å². The van der Waals surface area contributed by atoms with Crippen molar-refractivity contribution in [2.24, 2.45) is 5.41 Å². The van der Waals surface area contributed by atoms with Crippen LogP contribution in [0.15, 0.2) is 0 Å². The zero-order valence-electron chi connectivity index (χ0n) is 10.3. The Morgan fingerprint density at radius 2 is 2.18 bits per heavy atom. The fourth-order valence-corrected chi connectivity index (χ4v) is 3.06. The molecular formula is C12H20N2O2S. The number of carbonyl (C=O) groups excluding carboxylic acids is 2. The summed E-state index contributed by atoms with van der Waals surface area (Å²) in [7, 11) is 0. The first-order chi connectivity index (χ1) is 8.15. The highest BCUT2D eigenvalue weighted by Crippen LogP contribution is 2.37.